The quantitative estimate of drug-likeness (QED) is 0.844. The summed E-state index contributed by atoms with van der Waals surface area (Å²) in [6, 6.07) is 8.08. The van der Waals surface area contributed by atoms with Crippen LogP contribution in [0.3, 0.4) is 0 Å². The van der Waals surface area contributed by atoms with E-state index in [4.69, 9.17) is 0 Å². The summed E-state index contributed by atoms with van der Waals surface area (Å²) < 4.78 is 14.8. The van der Waals surface area contributed by atoms with Crippen LogP contribution in [-0.2, 0) is 18.3 Å². The third kappa shape index (κ3) is 4.50. The van der Waals surface area contributed by atoms with Gasteiger partial charge >= 0.3 is 0 Å². The Bertz CT molecular complexity index is 770. The summed E-state index contributed by atoms with van der Waals surface area (Å²) in [4.78, 5) is 28.7. The van der Waals surface area contributed by atoms with Gasteiger partial charge in [0.05, 0.1) is 5.56 Å². The van der Waals surface area contributed by atoms with Crippen molar-refractivity contribution < 1.29 is 14.0 Å². The van der Waals surface area contributed by atoms with E-state index in [1.807, 2.05) is 39.9 Å². The van der Waals surface area contributed by atoms with Crippen molar-refractivity contribution in [2.75, 3.05) is 26.2 Å². The summed E-state index contributed by atoms with van der Waals surface area (Å²) >= 11 is 0. The van der Waals surface area contributed by atoms with E-state index in [0.717, 1.165) is 12.0 Å². The summed E-state index contributed by atoms with van der Waals surface area (Å²) in [5.74, 6) is -0.162. The number of rotatable bonds is 4. The molecule has 1 aromatic carbocycles. The van der Waals surface area contributed by atoms with E-state index >= 15 is 0 Å². The smallest absolute Gasteiger partial charge is 0.255 e. The fraction of sp³-hybridized carbons (Fsp3) is 0.400. The molecule has 138 valence electrons. The Morgan fingerprint density at radius 3 is 2.38 bits per heavy atom. The summed E-state index contributed by atoms with van der Waals surface area (Å²) in [6.07, 6.45) is 5.45. The summed E-state index contributed by atoms with van der Waals surface area (Å²) in [5, 5.41) is 0. The molecule has 1 saturated heterocycles. The summed E-state index contributed by atoms with van der Waals surface area (Å²) in [5.41, 5.74) is 1.64. The fourth-order valence-electron chi connectivity index (χ4n) is 3.24. The third-order valence-corrected chi connectivity index (χ3v) is 4.76. The van der Waals surface area contributed by atoms with Gasteiger partial charge in [0.2, 0.25) is 5.91 Å². The average Bonchev–Trinajstić information content (AvgIpc) is 2.92. The number of benzene rings is 1. The van der Waals surface area contributed by atoms with Crippen molar-refractivity contribution in [3.8, 4) is 0 Å². The topological polar surface area (TPSA) is 45.6 Å². The molecule has 1 aromatic heterocycles. The van der Waals surface area contributed by atoms with Crippen molar-refractivity contribution in [1.82, 2.24) is 14.4 Å². The minimum atomic E-state index is -0.268. The van der Waals surface area contributed by atoms with Crippen LogP contribution in [0.25, 0.3) is 0 Å². The van der Waals surface area contributed by atoms with Gasteiger partial charge < -0.3 is 14.4 Å². The minimum Gasteiger partial charge on any atom is -0.356 e. The van der Waals surface area contributed by atoms with Crippen LogP contribution in [-0.4, -0.2) is 52.4 Å². The van der Waals surface area contributed by atoms with E-state index in [-0.39, 0.29) is 17.6 Å². The van der Waals surface area contributed by atoms with Gasteiger partial charge in [0.1, 0.15) is 5.82 Å². The molecule has 2 aromatic rings. The Morgan fingerprint density at radius 2 is 1.69 bits per heavy atom. The molecule has 5 nitrogen and oxygen atoms in total. The Morgan fingerprint density at radius 1 is 1.00 bits per heavy atom. The molecule has 0 spiro atoms. The third-order valence-electron chi connectivity index (χ3n) is 4.76. The number of amides is 2. The molecule has 2 heterocycles. The molecule has 2 amide bonds. The molecule has 0 radical (unpaired) electrons. The fourth-order valence-corrected chi connectivity index (χ4v) is 3.24. The van der Waals surface area contributed by atoms with Gasteiger partial charge in [-0.15, -0.1) is 0 Å². The van der Waals surface area contributed by atoms with Crippen LogP contribution in [0.15, 0.2) is 42.7 Å². The lowest BCUT2D eigenvalue weighted by Gasteiger charge is -2.22. The summed E-state index contributed by atoms with van der Waals surface area (Å²) in [6.45, 7) is 2.44. The zero-order valence-corrected chi connectivity index (χ0v) is 15.0. The maximum atomic E-state index is 12.9. The number of nitrogens with zero attached hydrogens (tertiary/aromatic N) is 3. The van der Waals surface area contributed by atoms with E-state index in [9.17, 15) is 14.0 Å². The van der Waals surface area contributed by atoms with Crippen molar-refractivity contribution in [2.24, 2.45) is 7.05 Å². The Labute approximate surface area is 153 Å². The Kier molecular flexibility index (Phi) is 5.71. The molecule has 6 heteroatoms. The predicted molar refractivity (Wildman–Crippen MR) is 97.2 cm³/mol. The molecular formula is C20H24FN3O2. The van der Waals surface area contributed by atoms with Gasteiger partial charge in [-0.2, -0.15) is 0 Å². The standard InChI is InChI=1S/C20H24FN3O2/c1-22-12-9-17(15-22)20(26)24-11-2-10-23(13-14-24)19(25)8-5-16-3-6-18(21)7-4-16/h3-4,6-7,9,12,15H,2,5,8,10-11,13-14H2,1H3. The van der Waals surface area contributed by atoms with Crippen LogP contribution < -0.4 is 0 Å². The average molecular weight is 357 g/mol. The number of carbonyl (C=O) groups is 2. The van der Waals surface area contributed by atoms with Crippen LogP contribution >= 0.6 is 0 Å². The first-order valence-electron chi connectivity index (χ1n) is 8.96. The van der Waals surface area contributed by atoms with Crippen LogP contribution in [0.5, 0.6) is 0 Å². The van der Waals surface area contributed by atoms with Gasteiger partial charge in [0.15, 0.2) is 0 Å². The number of halogens is 1. The second kappa shape index (κ2) is 8.17. The second-order valence-corrected chi connectivity index (χ2v) is 6.72. The number of aryl methyl sites for hydroxylation is 2. The molecule has 0 N–H and O–H groups in total. The van der Waals surface area contributed by atoms with E-state index in [1.54, 1.807) is 12.1 Å². The molecular weight excluding hydrogens is 333 g/mol. The van der Waals surface area contributed by atoms with Gasteiger partial charge in [-0.1, -0.05) is 12.1 Å². The molecule has 0 bridgehead atoms. The van der Waals surface area contributed by atoms with Crippen LogP contribution in [0.1, 0.15) is 28.8 Å². The normalized spacial score (nSPS) is 15.0. The molecule has 1 aliphatic heterocycles. The maximum absolute atomic E-state index is 12.9. The SMILES string of the molecule is Cn1ccc(C(=O)N2CCCN(C(=O)CCc3ccc(F)cc3)CC2)c1. The highest BCUT2D eigenvalue weighted by atomic mass is 19.1. The first-order chi connectivity index (χ1) is 12.5. The minimum absolute atomic E-state index is 0.0196. The lowest BCUT2D eigenvalue weighted by atomic mass is 10.1. The van der Waals surface area contributed by atoms with E-state index in [2.05, 4.69) is 0 Å². The highest BCUT2D eigenvalue weighted by Gasteiger charge is 2.23. The Balaban J connectivity index is 1.52. The lowest BCUT2D eigenvalue weighted by Crippen LogP contribution is -2.37. The molecule has 0 saturated carbocycles. The summed E-state index contributed by atoms with van der Waals surface area (Å²) in [7, 11) is 1.89. The highest BCUT2D eigenvalue weighted by molar-refractivity contribution is 5.94. The number of hydrogen-bond acceptors (Lipinski definition) is 2. The molecule has 0 atom stereocenters. The van der Waals surface area contributed by atoms with Crippen molar-refractivity contribution in [3.05, 3.63) is 59.7 Å². The molecule has 0 aliphatic carbocycles. The van der Waals surface area contributed by atoms with Crippen molar-refractivity contribution in [2.45, 2.75) is 19.3 Å². The molecule has 26 heavy (non-hydrogen) atoms. The van der Waals surface area contributed by atoms with Gasteiger partial charge in [-0.25, -0.2) is 4.39 Å². The van der Waals surface area contributed by atoms with E-state index in [1.165, 1.54) is 12.1 Å². The molecule has 1 aliphatic rings. The number of aromatic nitrogens is 1. The van der Waals surface area contributed by atoms with Crippen LogP contribution in [0.2, 0.25) is 0 Å². The van der Waals surface area contributed by atoms with E-state index < -0.39 is 0 Å². The zero-order chi connectivity index (χ0) is 18.5. The van der Waals surface area contributed by atoms with E-state index in [0.29, 0.717) is 44.6 Å². The van der Waals surface area contributed by atoms with Crippen molar-refractivity contribution in [1.29, 1.82) is 0 Å². The monoisotopic (exact) mass is 357 g/mol. The highest BCUT2D eigenvalue weighted by Crippen LogP contribution is 2.12. The first kappa shape index (κ1) is 18.2. The van der Waals surface area contributed by atoms with Crippen LogP contribution in [0.4, 0.5) is 4.39 Å². The van der Waals surface area contributed by atoms with Crippen molar-refractivity contribution >= 4 is 11.8 Å². The Hall–Kier alpha value is -2.63. The van der Waals surface area contributed by atoms with Gasteiger partial charge in [0, 0.05) is 52.0 Å². The van der Waals surface area contributed by atoms with Crippen molar-refractivity contribution in [3.63, 3.8) is 0 Å². The molecule has 3 rings (SSSR count). The lowest BCUT2D eigenvalue weighted by molar-refractivity contribution is -0.131. The number of hydrogen-bond donors (Lipinski definition) is 0. The van der Waals surface area contributed by atoms with Gasteiger partial charge in [-0.05, 0) is 36.6 Å². The van der Waals surface area contributed by atoms with Gasteiger partial charge in [0.25, 0.3) is 5.91 Å². The second-order valence-electron chi connectivity index (χ2n) is 6.72. The predicted octanol–water partition coefficient (Wildman–Crippen LogP) is 2.47. The molecule has 0 unspecified atom stereocenters. The largest absolute Gasteiger partial charge is 0.356 e. The number of carbonyl (C=O) groups excluding carboxylic acids is 2. The zero-order valence-electron chi connectivity index (χ0n) is 15.0. The van der Waals surface area contributed by atoms with Crippen LogP contribution in [0, 0.1) is 5.82 Å². The first-order valence-corrected chi connectivity index (χ1v) is 8.96. The van der Waals surface area contributed by atoms with Gasteiger partial charge in [-0.3, -0.25) is 9.59 Å². The maximum Gasteiger partial charge on any atom is 0.255 e. The molecule has 1 fully saturated rings.